The fourth-order valence-electron chi connectivity index (χ4n) is 1.61. The molecular weight excluding hydrogens is 207 g/mol. The molecule has 0 aliphatic rings. The number of nitrogens with two attached hydrogens (primary N) is 1. The first-order chi connectivity index (χ1) is 7.59. The van der Waals surface area contributed by atoms with Gasteiger partial charge in [0.1, 0.15) is 5.82 Å². The van der Waals surface area contributed by atoms with Crippen LogP contribution in [0.4, 0.5) is 4.39 Å². The standard InChI is InChI=1S/C11H13FN4/c1-7-5-8(3-4-9(7)12)11(13)10-6-14-15-16(10)2/h3-6,11H,13H2,1-2H3. The normalized spacial score (nSPS) is 12.8. The van der Waals surface area contributed by atoms with Crippen molar-refractivity contribution in [2.75, 3.05) is 0 Å². The number of aromatic nitrogens is 3. The number of nitrogens with zero attached hydrogens (tertiary/aromatic N) is 3. The van der Waals surface area contributed by atoms with Gasteiger partial charge in [0.15, 0.2) is 0 Å². The van der Waals surface area contributed by atoms with Gasteiger partial charge in [-0.05, 0) is 24.1 Å². The molecule has 0 saturated heterocycles. The van der Waals surface area contributed by atoms with E-state index in [0.29, 0.717) is 5.56 Å². The molecule has 0 radical (unpaired) electrons. The topological polar surface area (TPSA) is 56.7 Å². The van der Waals surface area contributed by atoms with Crippen LogP contribution in [0.25, 0.3) is 0 Å². The molecule has 1 aromatic heterocycles. The van der Waals surface area contributed by atoms with Crippen LogP contribution in [0.15, 0.2) is 24.4 Å². The average molecular weight is 220 g/mol. The van der Waals surface area contributed by atoms with E-state index >= 15 is 0 Å². The molecule has 0 saturated carbocycles. The quantitative estimate of drug-likeness (QED) is 0.830. The zero-order valence-corrected chi connectivity index (χ0v) is 9.18. The number of rotatable bonds is 2. The molecule has 2 rings (SSSR count). The largest absolute Gasteiger partial charge is 0.319 e. The van der Waals surface area contributed by atoms with Gasteiger partial charge in [-0.2, -0.15) is 0 Å². The van der Waals surface area contributed by atoms with Gasteiger partial charge in [-0.3, -0.25) is 4.68 Å². The Morgan fingerprint density at radius 2 is 2.19 bits per heavy atom. The number of aryl methyl sites for hydroxylation is 2. The maximum Gasteiger partial charge on any atom is 0.126 e. The summed E-state index contributed by atoms with van der Waals surface area (Å²) in [7, 11) is 1.78. The molecule has 0 fully saturated rings. The molecule has 4 nitrogen and oxygen atoms in total. The van der Waals surface area contributed by atoms with Gasteiger partial charge in [0, 0.05) is 7.05 Å². The van der Waals surface area contributed by atoms with Crippen LogP contribution in [-0.4, -0.2) is 15.0 Å². The first-order valence-electron chi connectivity index (χ1n) is 4.96. The Kier molecular flexibility index (Phi) is 2.70. The lowest BCUT2D eigenvalue weighted by molar-refractivity contribution is 0.614. The summed E-state index contributed by atoms with van der Waals surface area (Å²) in [6.45, 7) is 1.72. The van der Waals surface area contributed by atoms with Gasteiger partial charge >= 0.3 is 0 Å². The van der Waals surface area contributed by atoms with E-state index in [9.17, 15) is 4.39 Å². The second-order valence-electron chi connectivity index (χ2n) is 3.77. The Balaban J connectivity index is 2.38. The predicted molar refractivity (Wildman–Crippen MR) is 58.2 cm³/mol. The van der Waals surface area contributed by atoms with Gasteiger partial charge in [0.2, 0.25) is 0 Å². The smallest absolute Gasteiger partial charge is 0.126 e. The van der Waals surface area contributed by atoms with Crippen LogP contribution in [0.5, 0.6) is 0 Å². The third-order valence-electron chi connectivity index (χ3n) is 2.61. The molecule has 1 heterocycles. The van der Waals surface area contributed by atoms with Crippen molar-refractivity contribution in [1.29, 1.82) is 0 Å². The van der Waals surface area contributed by atoms with Gasteiger partial charge in [-0.15, -0.1) is 5.10 Å². The Hall–Kier alpha value is -1.75. The van der Waals surface area contributed by atoms with E-state index in [2.05, 4.69) is 10.3 Å². The molecule has 0 spiro atoms. The highest BCUT2D eigenvalue weighted by Crippen LogP contribution is 2.20. The highest BCUT2D eigenvalue weighted by Gasteiger charge is 2.14. The van der Waals surface area contributed by atoms with E-state index in [-0.39, 0.29) is 11.9 Å². The molecule has 84 valence electrons. The molecule has 1 unspecified atom stereocenters. The molecular formula is C11H13FN4. The average Bonchev–Trinajstić information content (AvgIpc) is 2.67. The minimum Gasteiger partial charge on any atom is -0.319 e. The Bertz CT molecular complexity index is 506. The number of halogens is 1. The Labute approximate surface area is 92.9 Å². The first-order valence-corrected chi connectivity index (χ1v) is 4.96. The number of hydrogen-bond donors (Lipinski definition) is 1. The van der Waals surface area contributed by atoms with Crippen LogP contribution in [0, 0.1) is 12.7 Å². The first kappa shape index (κ1) is 10.8. The third-order valence-corrected chi connectivity index (χ3v) is 2.61. The highest BCUT2D eigenvalue weighted by molar-refractivity contribution is 5.30. The molecule has 2 N–H and O–H groups in total. The van der Waals surface area contributed by atoms with Crippen molar-refractivity contribution in [3.63, 3.8) is 0 Å². The van der Waals surface area contributed by atoms with Gasteiger partial charge in [-0.25, -0.2) is 4.39 Å². The van der Waals surface area contributed by atoms with E-state index in [0.717, 1.165) is 11.3 Å². The molecule has 2 aromatic rings. The van der Waals surface area contributed by atoms with E-state index < -0.39 is 0 Å². The van der Waals surface area contributed by atoms with Crippen molar-refractivity contribution in [3.05, 3.63) is 47.0 Å². The van der Waals surface area contributed by atoms with Crippen molar-refractivity contribution in [2.45, 2.75) is 13.0 Å². The lowest BCUT2D eigenvalue weighted by Gasteiger charge is -2.12. The van der Waals surface area contributed by atoms with Gasteiger partial charge in [0.25, 0.3) is 0 Å². The fraction of sp³-hybridized carbons (Fsp3) is 0.273. The lowest BCUT2D eigenvalue weighted by Crippen LogP contribution is -2.16. The second-order valence-corrected chi connectivity index (χ2v) is 3.77. The van der Waals surface area contributed by atoms with Gasteiger partial charge < -0.3 is 5.73 Å². The summed E-state index contributed by atoms with van der Waals surface area (Å²) >= 11 is 0. The third kappa shape index (κ3) is 1.81. The van der Waals surface area contributed by atoms with Crippen LogP contribution in [-0.2, 0) is 7.05 Å². The predicted octanol–water partition coefficient (Wildman–Crippen LogP) is 1.31. The molecule has 1 atom stereocenters. The van der Waals surface area contributed by atoms with E-state index in [1.807, 2.05) is 0 Å². The SMILES string of the molecule is Cc1cc(C(N)c2cnnn2C)ccc1F. The Morgan fingerprint density at radius 1 is 1.44 bits per heavy atom. The van der Waals surface area contributed by atoms with Crippen LogP contribution in [0.1, 0.15) is 22.9 Å². The fourth-order valence-corrected chi connectivity index (χ4v) is 1.61. The maximum absolute atomic E-state index is 13.1. The monoisotopic (exact) mass is 220 g/mol. The van der Waals surface area contributed by atoms with Crippen molar-refractivity contribution >= 4 is 0 Å². The molecule has 0 aliphatic heterocycles. The molecule has 0 amide bonds. The molecule has 1 aromatic carbocycles. The van der Waals surface area contributed by atoms with Crippen molar-refractivity contribution in [3.8, 4) is 0 Å². The summed E-state index contributed by atoms with van der Waals surface area (Å²) in [6.07, 6.45) is 1.61. The summed E-state index contributed by atoms with van der Waals surface area (Å²) in [6, 6.07) is 4.51. The summed E-state index contributed by atoms with van der Waals surface area (Å²) in [4.78, 5) is 0. The van der Waals surface area contributed by atoms with Crippen LogP contribution < -0.4 is 5.73 Å². The number of benzene rings is 1. The lowest BCUT2D eigenvalue weighted by atomic mass is 10.0. The zero-order chi connectivity index (χ0) is 11.7. The van der Waals surface area contributed by atoms with Crippen LogP contribution in [0.2, 0.25) is 0 Å². The zero-order valence-electron chi connectivity index (χ0n) is 9.18. The summed E-state index contributed by atoms with van der Waals surface area (Å²) < 4.78 is 14.7. The highest BCUT2D eigenvalue weighted by atomic mass is 19.1. The molecule has 0 aliphatic carbocycles. The summed E-state index contributed by atoms with van der Waals surface area (Å²) in [5, 5.41) is 7.58. The van der Waals surface area contributed by atoms with Gasteiger partial charge in [0.05, 0.1) is 17.9 Å². The van der Waals surface area contributed by atoms with Crippen molar-refractivity contribution < 1.29 is 4.39 Å². The molecule has 16 heavy (non-hydrogen) atoms. The number of hydrogen-bond acceptors (Lipinski definition) is 3. The minimum atomic E-state index is -0.334. The summed E-state index contributed by atoms with van der Waals surface area (Å²) in [5.74, 6) is -0.223. The van der Waals surface area contributed by atoms with E-state index in [1.54, 1.807) is 37.0 Å². The van der Waals surface area contributed by atoms with Crippen molar-refractivity contribution in [2.24, 2.45) is 12.8 Å². The maximum atomic E-state index is 13.1. The van der Waals surface area contributed by atoms with Crippen LogP contribution >= 0.6 is 0 Å². The van der Waals surface area contributed by atoms with E-state index in [4.69, 9.17) is 5.73 Å². The Morgan fingerprint density at radius 3 is 2.75 bits per heavy atom. The van der Waals surface area contributed by atoms with Crippen LogP contribution in [0.3, 0.4) is 0 Å². The van der Waals surface area contributed by atoms with Crippen molar-refractivity contribution in [1.82, 2.24) is 15.0 Å². The minimum absolute atomic E-state index is 0.223. The van der Waals surface area contributed by atoms with E-state index in [1.165, 1.54) is 6.07 Å². The summed E-state index contributed by atoms with van der Waals surface area (Å²) in [5.41, 5.74) is 8.29. The second kappa shape index (κ2) is 4.02. The molecule has 5 heteroatoms. The van der Waals surface area contributed by atoms with Gasteiger partial charge in [-0.1, -0.05) is 17.3 Å². The molecule has 0 bridgehead atoms.